The van der Waals surface area contributed by atoms with Crippen molar-refractivity contribution in [2.75, 3.05) is 20.8 Å². The van der Waals surface area contributed by atoms with Crippen LogP contribution in [0, 0.1) is 0 Å². The van der Waals surface area contributed by atoms with Crippen LogP contribution in [0.1, 0.15) is 36.8 Å². The molecule has 0 aliphatic heterocycles. The third-order valence-electron chi connectivity index (χ3n) is 5.48. The van der Waals surface area contributed by atoms with E-state index in [0.29, 0.717) is 24.5 Å². The number of sulfonamides is 1. The fourth-order valence-corrected chi connectivity index (χ4v) is 4.98. The van der Waals surface area contributed by atoms with Crippen molar-refractivity contribution in [1.82, 2.24) is 10.0 Å². The van der Waals surface area contributed by atoms with Crippen LogP contribution in [0.4, 0.5) is 0 Å². The lowest BCUT2D eigenvalue weighted by atomic mass is 10.1. The second-order valence-corrected chi connectivity index (χ2v) is 9.44. The summed E-state index contributed by atoms with van der Waals surface area (Å²) in [7, 11) is -0.341. The minimum Gasteiger partial charge on any atom is -0.497 e. The van der Waals surface area contributed by atoms with Crippen molar-refractivity contribution in [2.45, 2.75) is 43.0 Å². The van der Waals surface area contributed by atoms with Crippen LogP contribution in [-0.2, 0) is 21.2 Å². The van der Waals surface area contributed by atoms with E-state index in [1.807, 2.05) is 6.07 Å². The van der Waals surface area contributed by atoms with E-state index < -0.39 is 10.0 Å². The van der Waals surface area contributed by atoms with E-state index in [4.69, 9.17) is 9.47 Å². The number of carbonyl (C=O) groups excluding carboxylic acids is 1. The summed E-state index contributed by atoms with van der Waals surface area (Å²) in [6.45, 7) is 0.440. The molecular formula is C24H30N2O5S. The molecular weight excluding hydrogens is 428 g/mol. The Morgan fingerprint density at radius 3 is 2.44 bits per heavy atom. The molecule has 1 aliphatic rings. The molecule has 2 aromatic rings. The summed E-state index contributed by atoms with van der Waals surface area (Å²) in [4.78, 5) is 12.4. The van der Waals surface area contributed by atoms with Crippen LogP contribution >= 0.6 is 0 Å². The highest BCUT2D eigenvalue weighted by molar-refractivity contribution is 7.89. The van der Waals surface area contributed by atoms with Crippen molar-refractivity contribution >= 4 is 22.0 Å². The number of amides is 1. The Labute approximate surface area is 189 Å². The molecule has 0 atom stereocenters. The summed E-state index contributed by atoms with van der Waals surface area (Å²) < 4.78 is 38.2. The van der Waals surface area contributed by atoms with Crippen LogP contribution < -0.4 is 19.5 Å². The molecule has 32 heavy (non-hydrogen) atoms. The molecule has 1 saturated carbocycles. The van der Waals surface area contributed by atoms with Crippen molar-refractivity contribution in [3.63, 3.8) is 0 Å². The van der Waals surface area contributed by atoms with Crippen molar-refractivity contribution in [2.24, 2.45) is 0 Å². The molecule has 3 rings (SSSR count). The fraction of sp³-hybridized carbons (Fsp3) is 0.375. The Bertz CT molecular complexity index is 1040. The van der Waals surface area contributed by atoms with E-state index in [0.717, 1.165) is 36.8 Å². The average Bonchev–Trinajstić information content (AvgIpc) is 3.30. The molecule has 0 spiro atoms. The molecule has 8 heteroatoms. The van der Waals surface area contributed by atoms with E-state index in [1.54, 1.807) is 56.7 Å². The van der Waals surface area contributed by atoms with E-state index in [2.05, 4.69) is 10.0 Å². The first kappa shape index (κ1) is 23.8. The van der Waals surface area contributed by atoms with Gasteiger partial charge >= 0.3 is 0 Å². The number of hydrogen-bond donors (Lipinski definition) is 2. The highest BCUT2D eigenvalue weighted by atomic mass is 32.2. The highest BCUT2D eigenvalue weighted by Crippen LogP contribution is 2.25. The maximum Gasteiger partial charge on any atom is 0.244 e. The lowest BCUT2D eigenvalue weighted by molar-refractivity contribution is -0.116. The van der Waals surface area contributed by atoms with Gasteiger partial charge in [0.15, 0.2) is 0 Å². The first-order valence-corrected chi connectivity index (χ1v) is 12.2. The van der Waals surface area contributed by atoms with Crippen LogP contribution in [0.3, 0.4) is 0 Å². The molecule has 2 N–H and O–H groups in total. The number of hydrogen-bond acceptors (Lipinski definition) is 5. The third-order valence-corrected chi connectivity index (χ3v) is 7.01. The van der Waals surface area contributed by atoms with Gasteiger partial charge in [-0.15, -0.1) is 0 Å². The fourth-order valence-electron chi connectivity index (χ4n) is 3.68. The quantitative estimate of drug-likeness (QED) is 0.533. The molecule has 0 unspecified atom stereocenters. The summed E-state index contributed by atoms with van der Waals surface area (Å²) in [5.74, 6) is 1.07. The SMILES string of the molecule is COc1ccc(/C=C/C(=O)NCCc2ccc(S(=O)(=O)NC3CCCC3)cc2)c(OC)c1. The summed E-state index contributed by atoms with van der Waals surface area (Å²) in [5, 5.41) is 2.83. The number of rotatable bonds is 10. The summed E-state index contributed by atoms with van der Waals surface area (Å²) in [5.41, 5.74) is 1.72. The average molecular weight is 459 g/mol. The van der Waals surface area contributed by atoms with Gasteiger partial charge in [-0.25, -0.2) is 13.1 Å². The second-order valence-electron chi connectivity index (χ2n) is 7.73. The van der Waals surface area contributed by atoms with Crippen molar-refractivity contribution < 1.29 is 22.7 Å². The third kappa shape index (κ3) is 6.58. The number of ether oxygens (including phenoxy) is 2. The molecule has 7 nitrogen and oxygen atoms in total. The molecule has 1 fully saturated rings. The van der Waals surface area contributed by atoms with E-state index in [9.17, 15) is 13.2 Å². The standard InChI is InChI=1S/C24H30N2O5S/c1-30-21-11-9-19(23(17-21)31-2)10-14-24(27)25-16-15-18-7-12-22(13-8-18)32(28,29)26-20-5-3-4-6-20/h7-14,17,20,26H,3-6,15-16H2,1-2H3,(H,25,27)/b14-10+. The van der Waals surface area contributed by atoms with Crippen molar-refractivity contribution in [3.05, 3.63) is 59.7 Å². The van der Waals surface area contributed by atoms with Crippen LogP contribution in [-0.4, -0.2) is 41.1 Å². The zero-order chi connectivity index (χ0) is 23.0. The Morgan fingerprint density at radius 2 is 1.78 bits per heavy atom. The zero-order valence-electron chi connectivity index (χ0n) is 18.5. The van der Waals surface area contributed by atoms with Crippen LogP contribution in [0.5, 0.6) is 11.5 Å². The largest absolute Gasteiger partial charge is 0.497 e. The normalized spacial score (nSPS) is 14.6. The summed E-state index contributed by atoms with van der Waals surface area (Å²) in [6.07, 6.45) is 7.68. The van der Waals surface area contributed by atoms with E-state index in [-0.39, 0.29) is 16.8 Å². The molecule has 0 bridgehead atoms. The highest BCUT2D eigenvalue weighted by Gasteiger charge is 2.22. The van der Waals surface area contributed by atoms with E-state index >= 15 is 0 Å². The van der Waals surface area contributed by atoms with E-state index in [1.165, 1.54) is 6.08 Å². The summed E-state index contributed by atoms with van der Waals surface area (Å²) in [6, 6.07) is 12.2. The van der Waals surface area contributed by atoms with Crippen LogP contribution in [0.25, 0.3) is 6.08 Å². The lowest BCUT2D eigenvalue weighted by Crippen LogP contribution is -2.32. The molecule has 1 amide bonds. The van der Waals surface area contributed by atoms with Gasteiger partial charge in [0.25, 0.3) is 0 Å². The van der Waals surface area contributed by atoms with Crippen LogP contribution in [0.15, 0.2) is 53.4 Å². The minimum atomic E-state index is -3.49. The smallest absolute Gasteiger partial charge is 0.244 e. The van der Waals surface area contributed by atoms with Gasteiger partial charge < -0.3 is 14.8 Å². The predicted octanol–water partition coefficient (Wildman–Crippen LogP) is 3.30. The maximum atomic E-state index is 12.5. The minimum absolute atomic E-state index is 0.0424. The van der Waals surface area contributed by atoms with Crippen molar-refractivity contribution in [3.8, 4) is 11.5 Å². The lowest BCUT2D eigenvalue weighted by Gasteiger charge is -2.13. The Hall–Kier alpha value is -2.84. The first-order chi connectivity index (χ1) is 15.4. The maximum absolute atomic E-state index is 12.5. The molecule has 2 aromatic carbocycles. The molecule has 0 radical (unpaired) electrons. The second kappa shape index (κ2) is 11.2. The Kier molecular flexibility index (Phi) is 8.30. The van der Waals surface area contributed by atoms with Gasteiger partial charge in [-0.1, -0.05) is 25.0 Å². The number of carbonyl (C=O) groups is 1. The molecule has 0 heterocycles. The summed E-state index contributed by atoms with van der Waals surface area (Å²) >= 11 is 0. The van der Waals surface area contributed by atoms with Gasteiger partial charge in [0.05, 0.1) is 19.1 Å². The number of methoxy groups -OCH3 is 2. The monoisotopic (exact) mass is 458 g/mol. The molecule has 0 aromatic heterocycles. The van der Waals surface area contributed by atoms with Gasteiger partial charge in [-0.3, -0.25) is 4.79 Å². The first-order valence-electron chi connectivity index (χ1n) is 10.7. The number of nitrogens with one attached hydrogen (secondary N) is 2. The van der Waals surface area contributed by atoms with Gasteiger partial charge in [0.1, 0.15) is 11.5 Å². The van der Waals surface area contributed by atoms with Gasteiger partial charge in [0.2, 0.25) is 15.9 Å². The van der Waals surface area contributed by atoms with Gasteiger partial charge in [-0.2, -0.15) is 0 Å². The molecule has 1 aliphatic carbocycles. The Balaban J connectivity index is 1.49. The number of benzene rings is 2. The van der Waals surface area contributed by atoms with Crippen LogP contribution in [0.2, 0.25) is 0 Å². The Morgan fingerprint density at radius 1 is 1.06 bits per heavy atom. The van der Waals surface area contributed by atoms with Crippen molar-refractivity contribution in [1.29, 1.82) is 0 Å². The molecule has 0 saturated heterocycles. The molecule has 172 valence electrons. The van der Waals surface area contributed by atoms with Gasteiger partial charge in [-0.05, 0) is 55.2 Å². The van der Waals surface area contributed by atoms with Gasteiger partial charge in [0, 0.05) is 30.3 Å². The zero-order valence-corrected chi connectivity index (χ0v) is 19.3. The topological polar surface area (TPSA) is 93.7 Å². The predicted molar refractivity (Wildman–Crippen MR) is 124 cm³/mol.